The molecule has 112 valence electrons. The molecule has 0 aromatic heterocycles. The summed E-state index contributed by atoms with van der Waals surface area (Å²) in [6.07, 6.45) is 0. The Balaban J connectivity index is 2.17. The molecule has 20 heavy (non-hydrogen) atoms. The van der Waals surface area contributed by atoms with Crippen LogP contribution < -0.4 is 10.6 Å². The summed E-state index contributed by atoms with van der Waals surface area (Å²) in [5, 5.41) is 5.42. The molecule has 2 N–H and O–H groups in total. The van der Waals surface area contributed by atoms with E-state index < -0.39 is 10.8 Å². The fourth-order valence-electron chi connectivity index (χ4n) is 1.68. The van der Waals surface area contributed by atoms with E-state index in [9.17, 15) is 9.00 Å². The van der Waals surface area contributed by atoms with Crippen molar-refractivity contribution in [1.29, 1.82) is 0 Å². The Bertz CT molecular complexity index is 426. The minimum Gasteiger partial charge on any atom is -0.383 e. The highest BCUT2D eigenvalue weighted by molar-refractivity contribution is 7.84. The second kappa shape index (κ2) is 9.50. The fourth-order valence-corrected chi connectivity index (χ4v) is 2.72. The van der Waals surface area contributed by atoms with E-state index in [0.29, 0.717) is 24.7 Å². The number of carbonyl (C=O) groups is 1. The van der Waals surface area contributed by atoms with Crippen LogP contribution in [0.1, 0.15) is 12.5 Å². The van der Waals surface area contributed by atoms with Crippen LogP contribution in [0.2, 0.25) is 0 Å². The number of ether oxygens (including phenoxy) is 1. The number of nitrogens with one attached hydrogen (secondary N) is 2. The molecule has 0 aliphatic rings. The number of urea groups is 1. The van der Waals surface area contributed by atoms with Gasteiger partial charge in [-0.15, -0.1) is 0 Å². The normalized spacial score (nSPS) is 13.5. The molecule has 2 unspecified atom stereocenters. The third-order valence-electron chi connectivity index (χ3n) is 2.58. The van der Waals surface area contributed by atoms with E-state index in [-0.39, 0.29) is 12.1 Å². The lowest BCUT2D eigenvalue weighted by atomic mass is 10.2. The van der Waals surface area contributed by atoms with Gasteiger partial charge in [0.2, 0.25) is 0 Å². The number of rotatable bonds is 8. The summed E-state index contributed by atoms with van der Waals surface area (Å²) >= 11 is 0. The Morgan fingerprint density at radius 1 is 1.35 bits per heavy atom. The molecule has 0 bridgehead atoms. The van der Waals surface area contributed by atoms with E-state index in [0.717, 1.165) is 5.56 Å². The summed E-state index contributed by atoms with van der Waals surface area (Å²) in [6.45, 7) is 2.72. The van der Waals surface area contributed by atoms with E-state index in [1.54, 1.807) is 7.11 Å². The first-order valence-corrected chi connectivity index (χ1v) is 8.03. The van der Waals surface area contributed by atoms with Gasteiger partial charge >= 0.3 is 6.03 Å². The third kappa shape index (κ3) is 7.25. The summed E-state index contributed by atoms with van der Waals surface area (Å²) in [5.74, 6) is 0.963. The number of methoxy groups -OCH3 is 1. The first kappa shape index (κ1) is 16.7. The highest BCUT2D eigenvalue weighted by atomic mass is 32.2. The highest BCUT2D eigenvalue weighted by Crippen LogP contribution is 2.02. The highest BCUT2D eigenvalue weighted by Gasteiger charge is 2.07. The van der Waals surface area contributed by atoms with Crippen molar-refractivity contribution in [2.45, 2.75) is 18.7 Å². The molecule has 2 atom stereocenters. The van der Waals surface area contributed by atoms with Crippen molar-refractivity contribution >= 4 is 16.8 Å². The topological polar surface area (TPSA) is 67.4 Å². The summed E-state index contributed by atoms with van der Waals surface area (Å²) < 4.78 is 16.8. The number of amides is 2. The SMILES string of the molecule is COCC(C)NC(=O)NCCS(=O)Cc1ccccc1. The molecule has 0 aliphatic carbocycles. The van der Waals surface area contributed by atoms with E-state index in [1.165, 1.54) is 0 Å². The Kier molecular flexibility index (Phi) is 7.91. The van der Waals surface area contributed by atoms with Crippen LogP contribution in [0.25, 0.3) is 0 Å². The lowest BCUT2D eigenvalue weighted by molar-refractivity contribution is 0.171. The maximum atomic E-state index is 11.8. The fraction of sp³-hybridized carbons (Fsp3) is 0.500. The van der Waals surface area contributed by atoms with Gasteiger partial charge < -0.3 is 15.4 Å². The molecule has 2 amide bonds. The van der Waals surface area contributed by atoms with Gasteiger partial charge in [0.25, 0.3) is 0 Å². The van der Waals surface area contributed by atoms with Crippen molar-refractivity contribution in [2.24, 2.45) is 0 Å². The van der Waals surface area contributed by atoms with Gasteiger partial charge in [0.15, 0.2) is 0 Å². The predicted molar refractivity (Wildman–Crippen MR) is 81.0 cm³/mol. The Morgan fingerprint density at radius 2 is 2.05 bits per heavy atom. The monoisotopic (exact) mass is 298 g/mol. The summed E-state index contributed by atoms with van der Waals surface area (Å²) in [7, 11) is 0.615. The quantitative estimate of drug-likeness (QED) is 0.759. The molecule has 0 saturated carbocycles. The zero-order valence-corrected chi connectivity index (χ0v) is 12.7. The molecule has 0 fully saturated rings. The van der Waals surface area contributed by atoms with Crippen molar-refractivity contribution in [2.75, 3.05) is 26.0 Å². The Morgan fingerprint density at radius 3 is 2.70 bits per heavy atom. The number of benzene rings is 1. The lowest BCUT2D eigenvalue weighted by Gasteiger charge is -2.13. The molecule has 5 nitrogen and oxygen atoms in total. The number of carbonyl (C=O) groups excluding carboxylic acids is 1. The first-order valence-electron chi connectivity index (χ1n) is 6.54. The Hall–Kier alpha value is -1.40. The van der Waals surface area contributed by atoms with Gasteiger partial charge in [0, 0.05) is 36.0 Å². The van der Waals surface area contributed by atoms with Crippen LogP contribution >= 0.6 is 0 Å². The summed E-state index contributed by atoms with van der Waals surface area (Å²) in [5.41, 5.74) is 1.05. The molecule has 6 heteroatoms. The van der Waals surface area contributed by atoms with Gasteiger partial charge in [-0.25, -0.2) is 4.79 Å². The zero-order valence-electron chi connectivity index (χ0n) is 11.9. The molecule has 0 radical (unpaired) electrons. The van der Waals surface area contributed by atoms with Crippen LogP contribution in [0, 0.1) is 0 Å². The molecule has 0 saturated heterocycles. The second-order valence-corrected chi connectivity index (χ2v) is 6.11. The molecule has 1 aromatic rings. The van der Waals surface area contributed by atoms with Crippen LogP contribution in [0.4, 0.5) is 4.79 Å². The molecule has 0 heterocycles. The van der Waals surface area contributed by atoms with E-state index >= 15 is 0 Å². The molecular weight excluding hydrogens is 276 g/mol. The molecule has 0 spiro atoms. The second-order valence-electron chi connectivity index (χ2n) is 4.53. The smallest absolute Gasteiger partial charge is 0.315 e. The van der Waals surface area contributed by atoms with Crippen LogP contribution in [-0.2, 0) is 21.3 Å². The summed E-state index contributed by atoms with van der Waals surface area (Å²) in [4.78, 5) is 11.5. The van der Waals surface area contributed by atoms with Crippen LogP contribution in [0.5, 0.6) is 0 Å². The minimum atomic E-state index is -0.971. The minimum absolute atomic E-state index is 0.0465. The maximum Gasteiger partial charge on any atom is 0.315 e. The Labute approximate surface area is 122 Å². The van der Waals surface area contributed by atoms with Gasteiger partial charge in [-0.3, -0.25) is 4.21 Å². The first-order chi connectivity index (χ1) is 9.61. The average molecular weight is 298 g/mol. The molecule has 0 aliphatic heterocycles. The van der Waals surface area contributed by atoms with Crippen molar-refractivity contribution in [3.63, 3.8) is 0 Å². The van der Waals surface area contributed by atoms with E-state index in [1.807, 2.05) is 37.3 Å². The molecule has 1 aromatic carbocycles. The number of hydrogen-bond acceptors (Lipinski definition) is 3. The van der Waals surface area contributed by atoms with Crippen molar-refractivity contribution < 1.29 is 13.7 Å². The number of hydrogen-bond donors (Lipinski definition) is 2. The standard InChI is InChI=1S/C14H22N2O3S/c1-12(10-19-2)16-14(17)15-8-9-20(18)11-13-6-4-3-5-7-13/h3-7,12H,8-11H2,1-2H3,(H2,15,16,17). The average Bonchev–Trinajstić information content (AvgIpc) is 2.39. The van der Waals surface area contributed by atoms with Gasteiger partial charge in [-0.2, -0.15) is 0 Å². The van der Waals surface area contributed by atoms with Crippen molar-refractivity contribution in [1.82, 2.24) is 10.6 Å². The summed E-state index contributed by atoms with van der Waals surface area (Å²) in [6, 6.07) is 9.38. The third-order valence-corrected chi connectivity index (χ3v) is 3.89. The van der Waals surface area contributed by atoms with Gasteiger partial charge in [-0.1, -0.05) is 30.3 Å². The van der Waals surface area contributed by atoms with Gasteiger partial charge in [0.05, 0.1) is 12.6 Å². The van der Waals surface area contributed by atoms with Crippen LogP contribution in [0.15, 0.2) is 30.3 Å². The largest absolute Gasteiger partial charge is 0.383 e. The molecule has 1 rings (SSSR count). The maximum absolute atomic E-state index is 11.8. The van der Waals surface area contributed by atoms with E-state index in [2.05, 4.69) is 10.6 Å². The predicted octanol–water partition coefficient (Wildman–Crippen LogP) is 1.27. The van der Waals surface area contributed by atoms with Crippen molar-refractivity contribution in [3.8, 4) is 0 Å². The van der Waals surface area contributed by atoms with E-state index in [4.69, 9.17) is 4.74 Å². The molecular formula is C14H22N2O3S. The van der Waals surface area contributed by atoms with Crippen molar-refractivity contribution in [3.05, 3.63) is 35.9 Å². The van der Waals surface area contributed by atoms with Crippen LogP contribution in [-0.4, -0.2) is 42.3 Å². The zero-order chi connectivity index (χ0) is 14.8. The van der Waals surface area contributed by atoms with Crippen LogP contribution in [0.3, 0.4) is 0 Å². The lowest BCUT2D eigenvalue weighted by Crippen LogP contribution is -2.43. The van der Waals surface area contributed by atoms with Gasteiger partial charge in [0.1, 0.15) is 0 Å². The van der Waals surface area contributed by atoms with Gasteiger partial charge in [-0.05, 0) is 12.5 Å².